The predicted molar refractivity (Wildman–Crippen MR) is 47.1 cm³/mol. The van der Waals surface area contributed by atoms with Crippen LogP contribution < -0.4 is 0 Å². The Kier molecular flexibility index (Phi) is 3.04. The largest absolute Gasteiger partial charge is 0.450 e. The van der Waals surface area contributed by atoms with Crippen molar-refractivity contribution in [2.75, 3.05) is 5.75 Å². The zero-order valence-corrected chi connectivity index (χ0v) is 8.29. The Morgan fingerprint density at radius 2 is 2.08 bits per heavy atom. The first-order chi connectivity index (χ1) is 5.47. The Labute approximate surface area is 79.7 Å². The number of aryl methyl sites for hydroxylation is 1. The zero-order chi connectivity index (χ0) is 9.19. The lowest BCUT2D eigenvalue weighted by Crippen LogP contribution is -1.99. The van der Waals surface area contributed by atoms with E-state index < -0.39 is 9.05 Å². The van der Waals surface area contributed by atoms with Gasteiger partial charge in [-0.1, -0.05) is 0 Å². The molecule has 0 aliphatic carbocycles. The number of halogens is 2. The van der Waals surface area contributed by atoms with Crippen LogP contribution in [0.5, 0.6) is 0 Å². The van der Waals surface area contributed by atoms with E-state index in [4.69, 9.17) is 26.7 Å². The maximum Gasteiger partial charge on any atom is 0.233 e. The van der Waals surface area contributed by atoms with Crippen molar-refractivity contribution in [3.63, 3.8) is 0 Å². The molecule has 0 unspecified atom stereocenters. The first-order valence-electron chi connectivity index (χ1n) is 3.14. The van der Waals surface area contributed by atoms with Gasteiger partial charge >= 0.3 is 0 Å². The molecule has 0 fully saturated rings. The summed E-state index contributed by atoms with van der Waals surface area (Å²) in [7, 11) is 1.54. The van der Waals surface area contributed by atoms with Crippen LogP contribution in [0.15, 0.2) is 16.5 Å². The van der Waals surface area contributed by atoms with Crippen molar-refractivity contribution in [2.24, 2.45) is 0 Å². The summed E-state index contributed by atoms with van der Waals surface area (Å²) in [6, 6.07) is 3.17. The highest BCUT2D eigenvalue weighted by Gasteiger charge is 2.07. The molecule has 0 saturated carbocycles. The van der Waals surface area contributed by atoms with Gasteiger partial charge in [0.05, 0.1) is 5.75 Å². The molecule has 0 amide bonds. The minimum absolute atomic E-state index is 0.140. The van der Waals surface area contributed by atoms with Crippen LogP contribution in [-0.2, 0) is 15.5 Å². The third-order valence-corrected chi connectivity index (χ3v) is 2.58. The van der Waals surface area contributed by atoms with Crippen LogP contribution in [0, 0.1) is 0 Å². The van der Waals surface area contributed by atoms with Gasteiger partial charge in [0.1, 0.15) is 5.76 Å². The average Bonchev–Trinajstić information content (AvgIpc) is 2.30. The normalized spacial score (nSPS) is 11.8. The molecule has 0 aliphatic heterocycles. The standard InChI is InChI=1S/C6H6Cl2O3S/c7-6-2-1-5(11-6)3-4-12(8,9)10/h1-2H,3-4H2. The third-order valence-electron chi connectivity index (χ3n) is 1.22. The van der Waals surface area contributed by atoms with Gasteiger partial charge in [0.2, 0.25) is 9.05 Å². The van der Waals surface area contributed by atoms with E-state index in [1.807, 2.05) is 0 Å². The molecule has 0 radical (unpaired) electrons. The summed E-state index contributed by atoms with van der Waals surface area (Å²) in [5.41, 5.74) is 0. The fourth-order valence-electron chi connectivity index (χ4n) is 0.709. The fraction of sp³-hybridized carbons (Fsp3) is 0.333. The van der Waals surface area contributed by atoms with Gasteiger partial charge in [-0.3, -0.25) is 0 Å². The van der Waals surface area contributed by atoms with Gasteiger partial charge in [-0.2, -0.15) is 0 Å². The molecular weight excluding hydrogens is 223 g/mol. The molecule has 0 atom stereocenters. The van der Waals surface area contributed by atoms with Crippen molar-refractivity contribution in [3.8, 4) is 0 Å². The van der Waals surface area contributed by atoms with Crippen LogP contribution in [0.3, 0.4) is 0 Å². The van der Waals surface area contributed by atoms with Crippen LogP contribution in [-0.4, -0.2) is 14.2 Å². The van der Waals surface area contributed by atoms with Crippen molar-refractivity contribution in [1.82, 2.24) is 0 Å². The first-order valence-corrected chi connectivity index (χ1v) is 5.99. The van der Waals surface area contributed by atoms with Gasteiger partial charge in [-0.25, -0.2) is 8.42 Å². The van der Waals surface area contributed by atoms with Gasteiger partial charge in [0, 0.05) is 17.1 Å². The third kappa shape index (κ3) is 3.47. The topological polar surface area (TPSA) is 47.3 Å². The highest BCUT2D eigenvalue weighted by atomic mass is 35.7. The SMILES string of the molecule is O=S(=O)(Cl)CCc1ccc(Cl)o1. The Hall–Kier alpha value is -0.190. The lowest BCUT2D eigenvalue weighted by Gasteiger charge is -1.92. The van der Waals surface area contributed by atoms with E-state index in [-0.39, 0.29) is 17.4 Å². The summed E-state index contributed by atoms with van der Waals surface area (Å²) in [6.45, 7) is 0. The van der Waals surface area contributed by atoms with E-state index in [9.17, 15) is 8.42 Å². The molecule has 1 rings (SSSR count). The Morgan fingerprint density at radius 1 is 1.42 bits per heavy atom. The molecule has 0 aromatic carbocycles. The highest BCUT2D eigenvalue weighted by Crippen LogP contribution is 2.14. The molecule has 1 aromatic rings. The minimum atomic E-state index is -3.44. The van der Waals surface area contributed by atoms with Crippen LogP contribution in [0.4, 0.5) is 0 Å². The van der Waals surface area contributed by atoms with Crippen LogP contribution in [0.2, 0.25) is 5.22 Å². The van der Waals surface area contributed by atoms with Gasteiger partial charge in [0.25, 0.3) is 0 Å². The van der Waals surface area contributed by atoms with E-state index in [0.29, 0.717) is 5.76 Å². The second kappa shape index (κ2) is 3.68. The maximum absolute atomic E-state index is 10.5. The van der Waals surface area contributed by atoms with E-state index in [2.05, 4.69) is 0 Å². The molecule has 0 saturated heterocycles. The van der Waals surface area contributed by atoms with Crippen molar-refractivity contribution < 1.29 is 12.8 Å². The number of hydrogen-bond acceptors (Lipinski definition) is 3. The van der Waals surface area contributed by atoms with Gasteiger partial charge in [-0.15, -0.1) is 0 Å². The van der Waals surface area contributed by atoms with Crippen molar-refractivity contribution in [1.29, 1.82) is 0 Å². The molecule has 0 spiro atoms. The average molecular weight is 229 g/mol. The van der Waals surface area contributed by atoms with Crippen molar-refractivity contribution >= 4 is 31.3 Å². The molecule has 3 nitrogen and oxygen atoms in total. The van der Waals surface area contributed by atoms with Crippen molar-refractivity contribution in [3.05, 3.63) is 23.1 Å². The molecule has 0 bridgehead atoms. The predicted octanol–water partition coefficient (Wildman–Crippen LogP) is 2.04. The highest BCUT2D eigenvalue weighted by molar-refractivity contribution is 8.13. The number of hydrogen-bond donors (Lipinski definition) is 0. The lowest BCUT2D eigenvalue weighted by atomic mass is 10.4. The van der Waals surface area contributed by atoms with E-state index in [1.54, 1.807) is 12.1 Å². The summed E-state index contributed by atoms with van der Waals surface area (Å²) in [6.07, 6.45) is 0.249. The maximum atomic E-state index is 10.5. The molecule has 6 heteroatoms. The second-order valence-electron chi connectivity index (χ2n) is 2.20. The number of rotatable bonds is 3. The lowest BCUT2D eigenvalue weighted by molar-refractivity contribution is 0.516. The van der Waals surface area contributed by atoms with E-state index >= 15 is 0 Å². The molecular formula is C6H6Cl2O3S. The first kappa shape index (κ1) is 9.89. The Balaban J connectivity index is 2.55. The van der Waals surface area contributed by atoms with E-state index in [1.165, 1.54) is 0 Å². The zero-order valence-electron chi connectivity index (χ0n) is 5.96. The van der Waals surface area contributed by atoms with Crippen LogP contribution in [0.25, 0.3) is 0 Å². The fourth-order valence-corrected chi connectivity index (χ4v) is 1.55. The molecule has 68 valence electrons. The smallest absolute Gasteiger partial charge is 0.233 e. The molecule has 1 aromatic heterocycles. The van der Waals surface area contributed by atoms with E-state index in [0.717, 1.165) is 0 Å². The number of furan rings is 1. The monoisotopic (exact) mass is 228 g/mol. The minimum Gasteiger partial charge on any atom is -0.450 e. The van der Waals surface area contributed by atoms with Gasteiger partial charge in [0.15, 0.2) is 5.22 Å². The molecule has 0 aliphatic rings. The van der Waals surface area contributed by atoms with Gasteiger partial charge in [-0.05, 0) is 23.7 Å². The second-order valence-corrected chi connectivity index (χ2v) is 5.47. The summed E-state index contributed by atoms with van der Waals surface area (Å²) in [5.74, 6) is 0.377. The Bertz CT molecular complexity index is 355. The van der Waals surface area contributed by atoms with Crippen LogP contribution in [0.1, 0.15) is 5.76 Å². The molecule has 0 N–H and O–H groups in total. The summed E-state index contributed by atoms with van der Waals surface area (Å²) >= 11 is 5.46. The van der Waals surface area contributed by atoms with Gasteiger partial charge < -0.3 is 4.42 Å². The summed E-state index contributed by atoms with van der Waals surface area (Å²) in [4.78, 5) is 0. The summed E-state index contributed by atoms with van der Waals surface area (Å²) < 4.78 is 25.9. The Morgan fingerprint density at radius 3 is 2.50 bits per heavy atom. The quantitative estimate of drug-likeness (QED) is 0.745. The molecule has 12 heavy (non-hydrogen) atoms. The van der Waals surface area contributed by atoms with Crippen molar-refractivity contribution in [2.45, 2.75) is 6.42 Å². The van der Waals surface area contributed by atoms with Crippen LogP contribution >= 0.6 is 22.3 Å². The molecule has 1 heterocycles. The summed E-state index contributed by atoms with van der Waals surface area (Å²) in [5, 5.41) is 0.247.